The maximum atomic E-state index is 6.52. The zero-order chi connectivity index (χ0) is 64.4. The van der Waals surface area contributed by atoms with Crippen LogP contribution in [0.15, 0.2) is 349 Å². The number of anilines is 6. The molecule has 98 heavy (non-hydrogen) atoms. The van der Waals surface area contributed by atoms with Gasteiger partial charge in [0.05, 0.1) is 27.8 Å². The molecule has 0 aliphatic rings. The monoisotopic (exact) mass is 1280 g/mol. The second kappa shape index (κ2) is 22.7. The molecule has 6 heteroatoms. The van der Waals surface area contributed by atoms with Gasteiger partial charge in [-0.1, -0.05) is 231 Å². The molecule has 0 saturated heterocycles. The lowest BCUT2D eigenvalue weighted by Gasteiger charge is -2.28. The molecule has 0 aliphatic carbocycles. The van der Waals surface area contributed by atoms with Crippen molar-refractivity contribution >= 4 is 163 Å². The topological polar surface area (TPSA) is 32.8 Å². The Labute approximate surface area is 572 Å². The molecule has 0 spiro atoms. The lowest BCUT2D eigenvalue weighted by molar-refractivity contribution is 0.668. The van der Waals surface area contributed by atoms with Crippen LogP contribution in [0.3, 0.4) is 0 Å². The third-order valence-corrected chi connectivity index (χ3v) is 22.3. The first kappa shape index (κ1) is 56.1. The van der Waals surface area contributed by atoms with E-state index in [1.54, 1.807) is 0 Å². The van der Waals surface area contributed by atoms with E-state index in [9.17, 15) is 0 Å². The Morgan fingerprint density at radius 3 is 1.31 bits per heavy atom. The predicted molar refractivity (Wildman–Crippen MR) is 418 cm³/mol. The van der Waals surface area contributed by atoms with Gasteiger partial charge in [0.1, 0.15) is 22.3 Å². The molecule has 0 radical (unpaired) electrons. The SMILES string of the molecule is c1ccc(N(c2ccc(-c3cccc4c3sc3ccc(-c5ccc6c(-c7ccc(N(c8ccc(-c9cccc%10c9sc9ccccc9%10)cc8)c8cccc9oc%10ccccc%10c89)cc7)cccc6c5)cc34)cc2)c2cccc3oc4ccccc4c23)c(-c2ccc3ccccc3c2)c1. The molecular formula is C92H56N2O2S2. The first-order valence-corrected chi connectivity index (χ1v) is 34.9. The summed E-state index contributed by atoms with van der Waals surface area (Å²) in [7, 11) is 0. The van der Waals surface area contributed by atoms with Crippen molar-refractivity contribution in [1.29, 1.82) is 0 Å². The van der Waals surface area contributed by atoms with E-state index in [1.807, 2.05) is 34.8 Å². The number of nitrogens with zero attached hydrogens (tertiary/aromatic N) is 2. The Morgan fingerprint density at radius 1 is 0.214 bits per heavy atom. The molecule has 0 saturated carbocycles. The first-order valence-electron chi connectivity index (χ1n) is 33.3. The third kappa shape index (κ3) is 9.18. The van der Waals surface area contributed by atoms with E-state index in [1.165, 1.54) is 101 Å². The van der Waals surface area contributed by atoms with Gasteiger partial charge in [0.15, 0.2) is 0 Å². The third-order valence-electron chi connectivity index (χ3n) is 19.9. The minimum Gasteiger partial charge on any atom is -0.456 e. The molecule has 0 N–H and O–H groups in total. The molecule has 20 rings (SSSR count). The van der Waals surface area contributed by atoms with Crippen LogP contribution in [0.25, 0.3) is 161 Å². The fourth-order valence-electron chi connectivity index (χ4n) is 15.3. The minimum atomic E-state index is 0.857. The number of rotatable bonds is 11. The fourth-order valence-corrected chi connectivity index (χ4v) is 17.7. The lowest BCUT2D eigenvalue weighted by Crippen LogP contribution is -2.11. The molecule has 0 atom stereocenters. The van der Waals surface area contributed by atoms with Gasteiger partial charge in [0.2, 0.25) is 0 Å². The van der Waals surface area contributed by atoms with Crippen molar-refractivity contribution in [1.82, 2.24) is 0 Å². The van der Waals surface area contributed by atoms with Gasteiger partial charge in [0, 0.05) is 73.7 Å². The van der Waals surface area contributed by atoms with Crippen LogP contribution < -0.4 is 9.80 Å². The molecule has 4 nitrogen and oxygen atoms in total. The van der Waals surface area contributed by atoms with Crippen LogP contribution in [-0.2, 0) is 0 Å². The summed E-state index contributed by atoms with van der Waals surface area (Å²) >= 11 is 3.74. The van der Waals surface area contributed by atoms with Crippen molar-refractivity contribution in [3.63, 3.8) is 0 Å². The quantitative estimate of drug-likeness (QED) is 0.129. The summed E-state index contributed by atoms with van der Waals surface area (Å²) in [6, 6.07) is 124. The summed E-state index contributed by atoms with van der Waals surface area (Å²) < 4.78 is 18.2. The number of para-hydroxylation sites is 3. The number of fused-ring (bicyclic) bond motifs is 14. The minimum absolute atomic E-state index is 0.857. The number of benzene rings is 16. The molecule has 0 aliphatic heterocycles. The first-order chi connectivity index (χ1) is 48.6. The van der Waals surface area contributed by atoms with Gasteiger partial charge in [-0.3, -0.25) is 0 Å². The van der Waals surface area contributed by atoms with Crippen molar-refractivity contribution in [2.75, 3.05) is 9.80 Å². The largest absolute Gasteiger partial charge is 0.456 e. The highest BCUT2D eigenvalue weighted by Crippen LogP contribution is 2.50. The molecule has 4 heterocycles. The van der Waals surface area contributed by atoms with Crippen LogP contribution in [0, 0.1) is 0 Å². The molecule has 0 fully saturated rings. The van der Waals surface area contributed by atoms with Crippen LogP contribution in [0.5, 0.6) is 0 Å². The Morgan fingerprint density at radius 2 is 0.633 bits per heavy atom. The van der Waals surface area contributed by atoms with Crippen molar-refractivity contribution in [2.45, 2.75) is 0 Å². The molecule has 16 aromatic carbocycles. The van der Waals surface area contributed by atoms with E-state index >= 15 is 0 Å². The maximum Gasteiger partial charge on any atom is 0.137 e. The Balaban J connectivity index is 0.627. The van der Waals surface area contributed by atoms with Crippen LogP contribution >= 0.6 is 22.7 Å². The summed E-state index contributed by atoms with van der Waals surface area (Å²) in [4.78, 5) is 4.80. The van der Waals surface area contributed by atoms with Crippen LogP contribution in [0.1, 0.15) is 0 Å². The summed E-state index contributed by atoms with van der Waals surface area (Å²) in [6.07, 6.45) is 0. The van der Waals surface area contributed by atoms with E-state index in [4.69, 9.17) is 8.83 Å². The van der Waals surface area contributed by atoms with E-state index in [-0.39, 0.29) is 0 Å². The van der Waals surface area contributed by atoms with E-state index in [0.29, 0.717) is 0 Å². The van der Waals surface area contributed by atoms with Crippen LogP contribution in [0.2, 0.25) is 0 Å². The van der Waals surface area contributed by atoms with Gasteiger partial charge >= 0.3 is 0 Å². The van der Waals surface area contributed by atoms with E-state index in [0.717, 1.165) is 94.7 Å². The highest BCUT2D eigenvalue weighted by atomic mass is 32.1. The molecule has 0 bridgehead atoms. The second-order valence-electron chi connectivity index (χ2n) is 25.4. The average molecular weight is 1290 g/mol. The van der Waals surface area contributed by atoms with Crippen molar-refractivity contribution in [3.05, 3.63) is 340 Å². The van der Waals surface area contributed by atoms with Gasteiger partial charge in [-0.05, 0) is 181 Å². The zero-order valence-corrected chi connectivity index (χ0v) is 54.5. The predicted octanol–water partition coefficient (Wildman–Crippen LogP) is 27.8. The number of furan rings is 2. The summed E-state index contributed by atoms with van der Waals surface area (Å²) in [5.74, 6) is 0. The number of thiophene rings is 2. The Bertz CT molecular complexity index is 6570. The lowest BCUT2D eigenvalue weighted by atomic mass is 9.94. The van der Waals surface area contributed by atoms with Gasteiger partial charge in [0.25, 0.3) is 0 Å². The van der Waals surface area contributed by atoms with Gasteiger partial charge < -0.3 is 18.6 Å². The summed E-state index contributed by atoms with van der Waals surface area (Å²) in [6.45, 7) is 0. The highest BCUT2D eigenvalue weighted by Gasteiger charge is 2.25. The Hall–Kier alpha value is -12.3. The van der Waals surface area contributed by atoms with Crippen molar-refractivity contribution in [3.8, 4) is 55.6 Å². The summed E-state index contributed by atoms with van der Waals surface area (Å²) in [5.41, 5.74) is 21.7. The summed E-state index contributed by atoms with van der Waals surface area (Å²) in [5, 5.41) is 14.3. The average Bonchev–Trinajstić information content (AvgIpc) is 1.76. The van der Waals surface area contributed by atoms with Crippen LogP contribution in [-0.4, -0.2) is 0 Å². The van der Waals surface area contributed by atoms with Crippen molar-refractivity contribution < 1.29 is 8.83 Å². The molecule has 0 amide bonds. The maximum absolute atomic E-state index is 6.52. The van der Waals surface area contributed by atoms with Gasteiger partial charge in [-0.15, -0.1) is 22.7 Å². The fraction of sp³-hybridized carbons (Fsp3) is 0. The molecule has 20 aromatic rings. The second-order valence-corrected chi connectivity index (χ2v) is 27.5. The smallest absolute Gasteiger partial charge is 0.137 e. The van der Waals surface area contributed by atoms with Gasteiger partial charge in [-0.2, -0.15) is 0 Å². The molecule has 458 valence electrons. The molecular weight excluding hydrogens is 1230 g/mol. The van der Waals surface area contributed by atoms with Gasteiger partial charge in [-0.25, -0.2) is 0 Å². The van der Waals surface area contributed by atoms with E-state index in [2.05, 4.69) is 337 Å². The normalized spacial score (nSPS) is 11.9. The molecule has 4 aromatic heterocycles. The van der Waals surface area contributed by atoms with Crippen molar-refractivity contribution in [2.24, 2.45) is 0 Å². The van der Waals surface area contributed by atoms with Crippen LogP contribution in [0.4, 0.5) is 34.1 Å². The Kier molecular flexibility index (Phi) is 13.0. The zero-order valence-electron chi connectivity index (χ0n) is 52.9. The molecule has 0 unspecified atom stereocenters. The number of hydrogen-bond acceptors (Lipinski definition) is 6. The highest BCUT2D eigenvalue weighted by molar-refractivity contribution is 7.26. The standard InChI is InChI=1S/C92H56N2O2S2/c1-2-17-61-54-65(37-36-57(61)16-1)71-19-3-7-28-80(71)94(82-30-15-34-86-90(82)78-22-5-9-32-84(78)96-86)68-50-42-60(43-51-68)73-25-13-27-76-79-56-63(45-53-88(79)98-92(73)76)62-44-52-70-64(55-62)18-11-23-69(70)58-38-46-66(47-39-58)93(81-29-14-33-85-89(81)77-21-4-8-31-83(77)95-85)67-48-40-59(41-49-67)72-24-12-26-75-74-20-6-10-35-87(74)97-91(72)75/h1-56H. The van der Waals surface area contributed by atoms with E-state index < -0.39 is 0 Å². The number of hydrogen-bond donors (Lipinski definition) is 0.